The standard InChI is InChI=1S/C15H16ClNO/c1-10-5-11(2)7-12(6-10)9-18-15-4-3-13(17)8-14(15)16/h3-8H,9,17H2,1-2H3. The van der Waals surface area contributed by atoms with Gasteiger partial charge in [0.1, 0.15) is 12.4 Å². The summed E-state index contributed by atoms with van der Waals surface area (Å²) in [4.78, 5) is 0. The Morgan fingerprint density at radius 3 is 2.33 bits per heavy atom. The van der Waals surface area contributed by atoms with E-state index < -0.39 is 0 Å². The monoisotopic (exact) mass is 261 g/mol. The third-order valence-corrected chi connectivity index (χ3v) is 2.93. The lowest BCUT2D eigenvalue weighted by atomic mass is 10.1. The number of hydrogen-bond donors (Lipinski definition) is 1. The number of ether oxygens (including phenoxy) is 1. The van der Waals surface area contributed by atoms with E-state index in [1.54, 1.807) is 18.2 Å². The zero-order valence-electron chi connectivity index (χ0n) is 10.5. The fraction of sp³-hybridized carbons (Fsp3) is 0.200. The molecule has 0 radical (unpaired) electrons. The molecule has 0 aliphatic rings. The van der Waals surface area contributed by atoms with Crippen LogP contribution in [0.4, 0.5) is 5.69 Å². The first-order valence-electron chi connectivity index (χ1n) is 5.79. The fourth-order valence-electron chi connectivity index (χ4n) is 1.95. The molecule has 2 aromatic rings. The van der Waals surface area contributed by atoms with Crippen LogP contribution >= 0.6 is 11.6 Å². The van der Waals surface area contributed by atoms with Gasteiger partial charge in [0.15, 0.2) is 0 Å². The number of nitrogens with two attached hydrogens (primary N) is 1. The first-order chi connectivity index (χ1) is 8.54. The zero-order valence-corrected chi connectivity index (χ0v) is 11.3. The lowest BCUT2D eigenvalue weighted by Crippen LogP contribution is -1.97. The molecule has 0 atom stereocenters. The van der Waals surface area contributed by atoms with Crippen molar-refractivity contribution in [1.82, 2.24) is 0 Å². The van der Waals surface area contributed by atoms with Crippen LogP contribution in [0.1, 0.15) is 16.7 Å². The van der Waals surface area contributed by atoms with Gasteiger partial charge in [-0.1, -0.05) is 40.9 Å². The van der Waals surface area contributed by atoms with Crippen molar-refractivity contribution >= 4 is 17.3 Å². The van der Waals surface area contributed by atoms with E-state index in [1.165, 1.54) is 11.1 Å². The second-order valence-corrected chi connectivity index (χ2v) is 4.88. The molecule has 3 heteroatoms. The van der Waals surface area contributed by atoms with E-state index >= 15 is 0 Å². The van der Waals surface area contributed by atoms with Crippen molar-refractivity contribution in [2.24, 2.45) is 0 Å². The maximum atomic E-state index is 6.05. The summed E-state index contributed by atoms with van der Waals surface area (Å²) in [6.07, 6.45) is 0. The van der Waals surface area contributed by atoms with Crippen LogP contribution < -0.4 is 10.5 Å². The predicted molar refractivity (Wildman–Crippen MR) is 76.1 cm³/mol. The third-order valence-electron chi connectivity index (χ3n) is 2.63. The lowest BCUT2D eigenvalue weighted by Gasteiger charge is -2.10. The van der Waals surface area contributed by atoms with Gasteiger partial charge in [0.2, 0.25) is 0 Å². The van der Waals surface area contributed by atoms with Crippen LogP contribution in [0.3, 0.4) is 0 Å². The van der Waals surface area contributed by atoms with E-state index in [0.29, 0.717) is 23.1 Å². The molecule has 18 heavy (non-hydrogen) atoms. The highest BCUT2D eigenvalue weighted by Gasteiger charge is 2.03. The molecule has 0 aromatic heterocycles. The molecule has 0 unspecified atom stereocenters. The van der Waals surface area contributed by atoms with Crippen LogP contribution in [0, 0.1) is 13.8 Å². The summed E-state index contributed by atoms with van der Waals surface area (Å²) >= 11 is 6.05. The molecule has 0 spiro atoms. The number of aryl methyl sites for hydroxylation is 2. The number of benzene rings is 2. The molecule has 0 saturated heterocycles. The van der Waals surface area contributed by atoms with Gasteiger partial charge in [0.25, 0.3) is 0 Å². The number of hydrogen-bond acceptors (Lipinski definition) is 2. The molecule has 2 aromatic carbocycles. The Kier molecular flexibility index (Phi) is 3.78. The van der Waals surface area contributed by atoms with Gasteiger partial charge < -0.3 is 10.5 Å². The van der Waals surface area contributed by atoms with E-state index in [2.05, 4.69) is 32.0 Å². The highest BCUT2D eigenvalue weighted by molar-refractivity contribution is 6.32. The van der Waals surface area contributed by atoms with Gasteiger partial charge in [-0.25, -0.2) is 0 Å². The minimum atomic E-state index is 0.506. The summed E-state index contributed by atoms with van der Waals surface area (Å²) in [5, 5.41) is 0.541. The van der Waals surface area contributed by atoms with Gasteiger partial charge >= 0.3 is 0 Å². The van der Waals surface area contributed by atoms with Gasteiger partial charge in [-0.15, -0.1) is 0 Å². The Bertz CT molecular complexity index is 546. The summed E-state index contributed by atoms with van der Waals surface area (Å²) in [5.74, 6) is 0.657. The molecule has 2 nitrogen and oxygen atoms in total. The summed E-state index contributed by atoms with van der Waals surface area (Å²) in [7, 11) is 0. The Balaban J connectivity index is 2.11. The van der Waals surface area contributed by atoms with Crippen molar-refractivity contribution in [3.63, 3.8) is 0 Å². The average Bonchev–Trinajstić information content (AvgIpc) is 2.26. The van der Waals surface area contributed by atoms with Gasteiger partial charge in [0, 0.05) is 5.69 Å². The fourth-order valence-corrected chi connectivity index (χ4v) is 2.19. The molecule has 2 N–H and O–H groups in total. The van der Waals surface area contributed by atoms with Crippen LogP contribution in [-0.2, 0) is 6.61 Å². The van der Waals surface area contributed by atoms with Crippen molar-refractivity contribution in [2.75, 3.05) is 5.73 Å². The maximum absolute atomic E-state index is 6.05. The van der Waals surface area contributed by atoms with E-state index in [-0.39, 0.29) is 0 Å². The summed E-state index contributed by atoms with van der Waals surface area (Å²) < 4.78 is 5.70. The third kappa shape index (κ3) is 3.17. The van der Waals surface area contributed by atoms with Gasteiger partial charge in [-0.2, -0.15) is 0 Å². The molecule has 0 fully saturated rings. The zero-order chi connectivity index (χ0) is 13.1. The molecular formula is C15H16ClNO. The summed E-state index contributed by atoms with van der Waals surface area (Å²) in [6.45, 7) is 4.66. The molecule has 94 valence electrons. The Hall–Kier alpha value is -1.67. The highest BCUT2D eigenvalue weighted by atomic mass is 35.5. The van der Waals surface area contributed by atoms with Crippen molar-refractivity contribution < 1.29 is 4.74 Å². The lowest BCUT2D eigenvalue weighted by molar-refractivity contribution is 0.306. The topological polar surface area (TPSA) is 35.2 Å². The number of anilines is 1. The molecule has 0 heterocycles. The van der Waals surface area contributed by atoms with Crippen LogP contribution in [0.25, 0.3) is 0 Å². The van der Waals surface area contributed by atoms with Crippen molar-refractivity contribution in [3.05, 3.63) is 58.1 Å². The van der Waals surface area contributed by atoms with E-state index in [9.17, 15) is 0 Å². The molecule has 0 bridgehead atoms. The first-order valence-corrected chi connectivity index (χ1v) is 6.17. The van der Waals surface area contributed by atoms with Crippen molar-refractivity contribution in [3.8, 4) is 5.75 Å². The number of nitrogen functional groups attached to an aromatic ring is 1. The molecule has 0 aliphatic heterocycles. The Morgan fingerprint density at radius 1 is 1.06 bits per heavy atom. The van der Waals surface area contributed by atoms with Crippen molar-refractivity contribution in [2.45, 2.75) is 20.5 Å². The van der Waals surface area contributed by atoms with E-state index in [4.69, 9.17) is 22.1 Å². The molecule has 2 rings (SSSR count). The first kappa shape index (κ1) is 12.8. The van der Waals surface area contributed by atoms with Crippen LogP contribution in [0.2, 0.25) is 5.02 Å². The van der Waals surface area contributed by atoms with Gasteiger partial charge in [-0.3, -0.25) is 0 Å². The smallest absolute Gasteiger partial charge is 0.138 e. The average molecular weight is 262 g/mol. The highest BCUT2D eigenvalue weighted by Crippen LogP contribution is 2.27. The summed E-state index contributed by atoms with van der Waals surface area (Å²) in [6, 6.07) is 11.6. The van der Waals surface area contributed by atoms with Gasteiger partial charge in [-0.05, 0) is 37.6 Å². The van der Waals surface area contributed by atoms with Crippen LogP contribution in [0.5, 0.6) is 5.75 Å². The quantitative estimate of drug-likeness (QED) is 0.844. The molecular weight excluding hydrogens is 246 g/mol. The maximum Gasteiger partial charge on any atom is 0.138 e. The SMILES string of the molecule is Cc1cc(C)cc(COc2ccc(N)cc2Cl)c1. The Labute approximate surface area is 112 Å². The molecule has 0 aliphatic carbocycles. The molecule has 0 saturated carbocycles. The summed E-state index contributed by atoms with van der Waals surface area (Å²) in [5.41, 5.74) is 9.88. The second-order valence-electron chi connectivity index (χ2n) is 4.47. The minimum Gasteiger partial charge on any atom is -0.487 e. The van der Waals surface area contributed by atoms with Crippen molar-refractivity contribution in [1.29, 1.82) is 0 Å². The van der Waals surface area contributed by atoms with Crippen LogP contribution in [0.15, 0.2) is 36.4 Å². The predicted octanol–water partition coefficient (Wildman–Crippen LogP) is 4.12. The van der Waals surface area contributed by atoms with Crippen LogP contribution in [-0.4, -0.2) is 0 Å². The molecule has 0 amide bonds. The Morgan fingerprint density at radius 2 is 1.72 bits per heavy atom. The van der Waals surface area contributed by atoms with E-state index in [0.717, 1.165) is 5.56 Å². The van der Waals surface area contributed by atoms with Gasteiger partial charge in [0.05, 0.1) is 5.02 Å². The minimum absolute atomic E-state index is 0.506. The van der Waals surface area contributed by atoms with E-state index in [1.807, 2.05) is 0 Å². The normalized spacial score (nSPS) is 10.4. The number of rotatable bonds is 3. The number of halogens is 1. The largest absolute Gasteiger partial charge is 0.487 e. The second kappa shape index (κ2) is 5.32.